The Bertz CT molecular complexity index is 1330. The zero-order valence-corrected chi connectivity index (χ0v) is 19.6. The number of amides is 3. The van der Waals surface area contributed by atoms with E-state index in [1.165, 1.54) is 7.11 Å². The summed E-state index contributed by atoms with van der Waals surface area (Å²) in [5.41, 5.74) is -0.0999. The van der Waals surface area contributed by atoms with Gasteiger partial charge >= 0.3 is 12.2 Å². The number of alkyl halides is 3. The van der Waals surface area contributed by atoms with Crippen LogP contribution >= 0.6 is 0 Å². The van der Waals surface area contributed by atoms with Gasteiger partial charge in [-0.3, -0.25) is 4.79 Å². The molecule has 0 radical (unpaired) electrons. The van der Waals surface area contributed by atoms with Crippen molar-refractivity contribution in [1.82, 2.24) is 24.4 Å². The number of ether oxygens (including phenoxy) is 1. The molecule has 1 aliphatic heterocycles. The number of urea groups is 1. The summed E-state index contributed by atoms with van der Waals surface area (Å²) in [5.74, 6) is -0.130. The molecular weight excluding hydrogens is 481 g/mol. The van der Waals surface area contributed by atoms with Gasteiger partial charge in [0.25, 0.3) is 5.91 Å². The Kier molecular flexibility index (Phi) is 5.62. The number of halogens is 3. The van der Waals surface area contributed by atoms with Gasteiger partial charge in [0.15, 0.2) is 0 Å². The number of methoxy groups -OCH3 is 1. The number of nitrogens with zero attached hydrogens (tertiary/aromatic N) is 4. The minimum atomic E-state index is -4.65. The number of benzene rings is 1. The molecule has 5 rings (SSSR count). The molecule has 2 aliphatic rings. The van der Waals surface area contributed by atoms with Crippen molar-refractivity contribution in [1.29, 1.82) is 0 Å². The second-order valence-electron chi connectivity index (χ2n) is 9.47. The van der Waals surface area contributed by atoms with Crippen molar-refractivity contribution in [2.45, 2.75) is 31.7 Å². The lowest BCUT2D eigenvalue weighted by Crippen LogP contribution is -2.67. The van der Waals surface area contributed by atoms with E-state index in [2.05, 4.69) is 15.7 Å². The summed E-state index contributed by atoms with van der Waals surface area (Å²) < 4.78 is 48.3. The van der Waals surface area contributed by atoms with E-state index in [4.69, 9.17) is 4.74 Å². The normalized spacial score (nSPS) is 17.1. The number of aliphatic hydroxyl groups excluding tert-OH is 1. The highest BCUT2D eigenvalue weighted by atomic mass is 19.4. The predicted molar refractivity (Wildman–Crippen MR) is 122 cm³/mol. The average molecular weight is 506 g/mol. The van der Waals surface area contributed by atoms with Crippen molar-refractivity contribution in [2.75, 3.05) is 25.5 Å². The van der Waals surface area contributed by atoms with Crippen LogP contribution in [-0.4, -0.2) is 62.4 Å². The molecule has 1 saturated heterocycles. The SMILES string of the molecule is COc1c(CO)cc(C(F)(F)F)cc1NC(=O)NC1CC2(C1)CN(C(=O)c1cnn3ccn(C)c13)C2. The van der Waals surface area contributed by atoms with Gasteiger partial charge in [0, 0.05) is 49.6 Å². The molecule has 3 heterocycles. The third-order valence-electron chi connectivity index (χ3n) is 6.91. The summed E-state index contributed by atoms with van der Waals surface area (Å²) in [6, 6.07) is 0.714. The Labute approximate surface area is 203 Å². The Balaban J connectivity index is 1.17. The molecule has 1 aromatic carbocycles. The summed E-state index contributed by atoms with van der Waals surface area (Å²) in [5, 5.41) is 18.8. The second kappa shape index (κ2) is 8.43. The van der Waals surface area contributed by atoms with Crippen LogP contribution in [0.25, 0.3) is 5.65 Å². The van der Waals surface area contributed by atoms with E-state index in [-0.39, 0.29) is 34.4 Å². The number of imidazole rings is 1. The number of anilines is 1. The van der Waals surface area contributed by atoms with Crippen LogP contribution in [0.3, 0.4) is 0 Å². The van der Waals surface area contributed by atoms with Gasteiger partial charge in [0.2, 0.25) is 0 Å². The fraction of sp³-hybridized carbons (Fsp3) is 0.435. The van der Waals surface area contributed by atoms with E-state index >= 15 is 0 Å². The van der Waals surface area contributed by atoms with E-state index in [0.717, 1.165) is 17.8 Å². The average Bonchev–Trinajstić information content (AvgIpc) is 3.35. The summed E-state index contributed by atoms with van der Waals surface area (Å²) in [4.78, 5) is 27.2. The monoisotopic (exact) mass is 506 g/mol. The molecule has 3 N–H and O–H groups in total. The predicted octanol–water partition coefficient (Wildman–Crippen LogP) is 2.62. The number of rotatable bonds is 5. The van der Waals surface area contributed by atoms with E-state index in [9.17, 15) is 27.9 Å². The number of aryl methyl sites for hydroxylation is 1. The van der Waals surface area contributed by atoms with Crippen molar-refractivity contribution >= 4 is 23.3 Å². The third-order valence-corrected chi connectivity index (χ3v) is 6.91. The van der Waals surface area contributed by atoms with Crippen LogP contribution < -0.4 is 15.4 Å². The van der Waals surface area contributed by atoms with Crippen LogP contribution in [0.2, 0.25) is 0 Å². The molecule has 3 aromatic rings. The smallest absolute Gasteiger partial charge is 0.416 e. The van der Waals surface area contributed by atoms with E-state index in [0.29, 0.717) is 31.5 Å². The minimum Gasteiger partial charge on any atom is -0.494 e. The molecule has 10 nitrogen and oxygen atoms in total. The largest absolute Gasteiger partial charge is 0.494 e. The molecule has 1 saturated carbocycles. The Morgan fingerprint density at radius 2 is 1.97 bits per heavy atom. The first kappa shape index (κ1) is 24.0. The summed E-state index contributed by atoms with van der Waals surface area (Å²) >= 11 is 0. The first-order chi connectivity index (χ1) is 17.0. The zero-order chi connectivity index (χ0) is 25.8. The maximum absolute atomic E-state index is 13.2. The number of carbonyl (C=O) groups is 2. The van der Waals surface area contributed by atoms with E-state index in [1.807, 2.05) is 17.8 Å². The summed E-state index contributed by atoms with van der Waals surface area (Å²) in [6.45, 7) is 0.447. The lowest BCUT2D eigenvalue weighted by molar-refractivity contribution is -0.137. The first-order valence-electron chi connectivity index (χ1n) is 11.3. The fourth-order valence-corrected chi connectivity index (χ4v) is 5.27. The van der Waals surface area contributed by atoms with Gasteiger partial charge < -0.3 is 29.9 Å². The summed E-state index contributed by atoms with van der Waals surface area (Å²) in [6.07, 6.45) is 1.81. The zero-order valence-electron chi connectivity index (χ0n) is 19.6. The van der Waals surface area contributed by atoms with Crippen molar-refractivity contribution in [3.63, 3.8) is 0 Å². The number of aromatic nitrogens is 3. The van der Waals surface area contributed by atoms with Crippen molar-refractivity contribution in [3.8, 4) is 5.75 Å². The number of nitrogens with one attached hydrogen (secondary N) is 2. The Morgan fingerprint density at radius 1 is 1.25 bits per heavy atom. The number of hydrogen-bond donors (Lipinski definition) is 3. The minimum absolute atomic E-state index is 0.0358. The van der Waals surface area contributed by atoms with Crippen LogP contribution in [0, 0.1) is 5.41 Å². The molecule has 0 bridgehead atoms. The molecule has 0 atom stereocenters. The Hall–Kier alpha value is -3.74. The van der Waals surface area contributed by atoms with Gasteiger partial charge in [0.05, 0.1) is 31.2 Å². The number of aliphatic hydroxyl groups is 1. The molecule has 2 fully saturated rings. The topological polar surface area (TPSA) is 113 Å². The summed E-state index contributed by atoms with van der Waals surface area (Å²) in [7, 11) is 3.09. The molecule has 1 aliphatic carbocycles. The quantitative estimate of drug-likeness (QED) is 0.493. The fourth-order valence-electron chi connectivity index (χ4n) is 5.27. The number of likely N-dealkylation sites (tertiary alicyclic amines) is 1. The van der Waals surface area contributed by atoms with Crippen molar-refractivity contribution in [3.05, 3.63) is 47.4 Å². The van der Waals surface area contributed by atoms with Crippen LogP contribution in [0.5, 0.6) is 5.75 Å². The van der Waals surface area contributed by atoms with Crippen LogP contribution in [0.4, 0.5) is 23.7 Å². The second-order valence-corrected chi connectivity index (χ2v) is 9.47. The molecule has 192 valence electrons. The van der Waals surface area contributed by atoms with E-state index < -0.39 is 24.4 Å². The van der Waals surface area contributed by atoms with Gasteiger partial charge in [-0.1, -0.05) is 0 Å². The number of carbonyl (C=O) groups excluding carboxylic acids is 2. The molecule has 36 heavy (non-hydrogen) atoms. The van der Waals surface area contributed by atoms with Gasteiger partial charge in [0.1, 0.15) is 17.0 Å². The third kappa shape index (κ3) is 4.02. The standard InChI is InChI=1S/C23H25F3N6O4/c1-30-3-4-32-19(30)16(9-27-32)20(34)31-11-22(12-31)7-15(8-22)28-21(35)29-17-6-14(23(24,25)26)5-13(10-33)18(17)36-2/h3-6,9,15,33H,7-8,10-12H2,1-2H3,(H2,28,29,35). The molecule has 0 unspecified atom stereocenters. The highest BCUT2D eigenvalue weighted by molar-refractivity contribution is 6.00. The van der Waals surface area contributed by atoms with Crippen LogP contribution in [0.1, 0.15) is 34.3 Å². The number of fused-ring (bicyclic) bond motifs is 1. The molecule has 2 aromatic heterocycles. The lowest BCUT2D eigenvalue weighted by atomic mass is 9.60. The Morgan fingerprint density at radius 3 is 2.61 bits per heavy atom. The maximum Gasteiger partial charge on any atom is 0.416 e. The van der Waals surface area contributed by atoms with Gasteiger partial charge in [-0.05, 0) is 25.0 Å². The molecule has 1 spiro atoms. The highest BCUT2D eigenvalue weighted by Crippen LogP contribution is 2.49. The molecule has 3 amide bonds. The van der Waals surface area contributed by atoms with Gasteiger partial charge in [-0.2, -0.15) is 18.3 Å². The van der Waals surface area contributed by atoms with Crippen LogP contribution in [0.15, 0.2) is 30.7 Å². The van der Waals surface area contributed by atoms with Crippen LogP contribution in [-0.2, 0) is 19.8 Å². The first-order valence-corrected chi connectivity index (χ1v) is 11.3. The van der Waals surface area contributed by atoms with Crippen molar-refractivity contribution in [2.24, 2.45) is 12.5 Å². The maximum atomic E-state index is 13.2. The number of hydrogen-bond acceptors (Lipinski definition) is 5. The lowest BCUT2D eigenvalue weighted by Gasteiger charge is -2.58. The van der Waals surface area contributed by atoms with Crippen molar-refractivity contribution < 1.29 is 32.6 Å². The highest BCUT2D eigenvalue weighted by Gasteiger charge is 2.54. The van der Waals surface area contributed by atoms with Gasteiger partial charge in [-0.25, -0.2) is 9.31 Å². The van der Waals surface area contributed by atoms with E-state index in [1.54, 1.807) is 21.8 Å². The molecule has 13 heteroatoms. The van der Waals surface area contributed by atoms with Gasteiger partial charge in [-0.15, -0.1) is 0 Å². The molecular formula is C23H25F3N6O4.